The minimum Gasteiger partial charge on any atom is -0.480 e. The summed E-state index contributed by atoms with van der Waals surface area (Å²) in [6.45, 7) is 2.14. The molecule has 1 fully saturated rings. The highest BCUT2D eigenvalue weighted by Gasteiger charge is 2.42. The van der Waals surface area contributed by atoms with Gasteiger partial charge in [-0.05, 0) is 37.7 Å². The van der Waals surface area contributed by atoms with Crippen LogP contribution in [0.4, 0.5) is 5.69 Å². The highest BCUT2D eigenvalue weighted by Crippen LogP contribution is 2.36. The molecule has 5 nitrogen and oxygen atoms in total. The number of nitriles is 1. The van der Waals surface area contributed by atoms with E-state index in [1.807, 2.05) is 0 Å². The molecule has 0 radical (unpaired) electrons. The lowest BCUT2D eigenvalue weighted by Gasteiger charge is -2.38. The van der Waals surface area contributed by atoms with Gasteiger partial charge in [-0.3, -0.25) is 4.98 Å². The lowest BCUT2D eigenvalue weighted by atomic mass is 9.75. The molecule has 0 aliphatic heterocycles. The van der Waals surface area contributed by atoms with Gasteiger partial charge in [0.15, 0.2) is 0 Å². The molecule has 2 N–H and O–H groups in total. The molecule has 1 saturated carbocycles. The number of hydrogen-bond donors (Lipinski definition) is 2. The summed E-state index contributed by atoms with van der Waals surface area (Å²) in [6.07, 6.45) is 7.11. The fourth-order valence-corrected chi connectivity index (χ4v) is 2.82. The van der Waals surface area contributed by atoms with Gasteiger partial charge in [0, 0.05) is 6.20 Å². The van der Waals surface area contributed by atoms with Crippen LogP contribution >= 0.6 is 0 Å². The molecule has 106 valence electrons. The van der Waals surface area contributed by atoms with Gasteiger partial charge < -0.3 is 10.4 Å². The van der Waals surface area contributed by atoms with E-state index in [9.17, 15) is 9.90 Å². The summed E-state index contributed by atoms with van der Waals surface area (Å²) in [5, 5.41) is 21.8. The van der Waals surface area contributed by atoms with Crippen LogP contribution in [-0.2, 0) is 4.79 Å². The summed E-state index contributed by atoms with van der Waals surface area (Å²) in [4.78, 5) is 15.7. The second-order valence-corrected chi connectivity index (χ2v) is 5.40. The SMILES string of the molecule is CCC1CCC(Nc2cnccc2C#N)(C(=O)O)CC1. The third-order valence-corrected chi connectivity index (χ3v) is 4.26. The summed E-state index contributed by atoms with van der Waals surface area (Å²) in [6, 6.07) is 3.66. The molecule has 0 unspecified atom stereocenters. The average Bonchev–Trinajstić information content (AvgIpc) is 2.48. The summed E-state index contributed by atoms with van der Waals surface area (Å²) in [7, 11) is 0. The predicted molar refractivity (Wildman–Crippen MR) is 75.2 cm³/mol. The van der Waals surface area contributed by atoms with E-state index < -0.39 is 11.5 Å². The molecule has 0 aromatic carbocycles. The van der Waals surface area contributed by atoms with Crippen molar-refractivity contribution in [1.82, 2.24) is 4.98 Å². The molecule has 1 aromatic heterocycles. The zero-order valence-electron chi connectivity index (χ0n) is 11.6. The molecule has 5 heteroatoms. The van der Waals surface area contributed by atoms with Crippen LogP contribution < -0.4 is 5.32 Å². The Balaban J connectivity index is 2.23. The molecule has 0 bridgehead atoms. The number of anilines is 1. The Morgan fingerprint density at radius 1 is 1.60 bits per heavy atom. The van der Waals surface area contributed by atoms with Crippen LogP contribution in [0.2, 0.25) is 0 Å². The minimum absolute atomic E-state index is 0.429. The van der Waals surface area contributed by atoms with Crippen molar-refractivity contribution in [1.29, 1.82) is 5.26 Å². The van der Waals surface area contributed by atoms with Gasteiger partial charge in [-0.25, -0.2) is 4.79 Å². The van der Waals surface area contributed by atoms with Crippen molar-refractivity contribution in [3.05, 3.63) is 24.0 Å². The number of carboxylic acids is 1. The Bertz CT molecular complexity index is 528. The Labute approximate surface area is 118 Å². The zero-order chi connectivity index (χ0) is 14.6. The van der Waals surface area contributed by atoms with E-state index in [-0.39, 0.29) is 0 Å². The molecular formula is C15H19N3O2. The molecule has 0 atom stereocenters. The fraction of sp³-hybridized carbons (Fsp3) is 0.533. The molecule has 1 aromatic rings. The van der Waals surface area contributed by atoms with E-state index in [0.29, 0.717) is 30.0 Å². The van der Waals surface area contributed by atoms with Crippen LogP contribution in [0.25, 0.3) is 0 Å². The lowest BCUT2D eigenvalue weighted by molar-refractivity contribution is -0.143. The number of aliphatic carboxylic acids is 1. The average molecular weight is 273 g/mol. The van der Waals surface area contributed by atoms with E-state index in [0.717, 1.165) is 19.3 Å². The van der Waals surface area contributed by atoms with Crippen molar-refractivity contribution in [3.63, 3.8) is 0 Å². The topological polar surface area (TPSA) is 86.0 Å². The first-order valence-corrected chi connectivity index (χ1v) is 6.97. The van der Waals surface area contributed by atoms with Crippen molar-refractivity contribution in [3.8, 4) is 6.07 Å². The van der Waals surface area contributed by atoms with Gasteiger partial charge in [0.25, 0.3) is 0 Å². The maximum absolute atomic E-state index is 11.7. The number of aromatic nitrogens is 1. The lowest BCUT2D eigenvalue weighted by Crippen LogP contribution is -2.49. The van der Waals surface area contributed by atoms with Crippen LogP contribution in [0.1, 0.15) is 44.6 Å². The summed E-state index contributed by atoms with van der Waals surface area (Å²) >= 11 is 0. The van der Waals surface area contributed by atoms with Crippen LogP contribution in [0.15, 0.2) is 18.5 Å². The first-order chi connectivity index (χ1) is 9.61. The number of rotatable bonds is 4. The number of pyridine rings is 1. The quantitative estimate of drug-likeness (QED) is 0.881. The van der Waals surface area contributed by atoms with Gasteiger partial charge in [0.1, 0.15) is 11.6 Å². The summed E-state index contributed by atoms with van der Waals surface area (Å²) in [5.74, 6) is -0.242. The predicted octanol–water partition coefficient (Wildman–Crippen LogP) is 2.79. The monoisotopic (exact) mass is 273 g/mol. The normalized spacial score (nSPS) is 25.7. The minimum atomic E-state index is -0.972. The second kappa shape index (κ2) is 5.91. The number of carboxylic acid groups (broad SMARTS) is 1. The van der Waals surface area contributed by atoms with E-state index in [1.165, 1.54) is 12.4 Å². The summed E-state index contributed by atoms with van der Waals surface area (Å²) in [5.41, 5.74) is -0.0362. The van der Waals surface area contributed by atoms with Crippen molar-refractivity contribution >= 4 is 11.7 Å². The highest BCUT2D eigenvalue weighted by atomic mass is 16.4. The molecule has 1 heterocycles. The van der Waals surface area contributed by atoms with Gasteiger partial charge >= 0.3 is 5.97 Å². The van der Waals surface area contributed by atoms with Crippen LogP contribution in [0, 0.1) is 17.2 Å². The molecular weight excluding hydrogens is 254 g/mol. The third-order valence-electron chi connectivity index (χ3n) is 4.26. The van der Waals surface area contributed by atoms with Gasteiger partial charge in [-0.15, -0.1) is 0 Å². The van der Waals surface area contributed by atoms with E-state index in [4.69, 9.17) is 5.26 Å². The van der Waals surface area contributed by atoms with Gasteiger partial charge in [0.2, 0.25) is 0 Å². The molecule has 0 amide bonds. The van der Waals surface area contributed by atoms with Crippen molar-refractivity contribution in [2.75, 3.05) is 5.32 Å². The van der Waals surface area contributed by atoms with Crippen molar-refractivity contribution in [2.45, 2.75) is 44.6 Å². The zero-order valence-corrected chi connectivity index (χ0v) is 11.6. The van der Waals surface area contributed by atoms with E-state index in [1.54, 1.807) is 6.07 Å². The molecule has 1 aliphatic rings. The van der Waals surface area contributed by atoms with Crippen molar-refractivity contribution in [2.24, 2.45) is 5.92 Å². The van der Waals surface area contributed by atoms with Crippen LogP contribution in [-0.4, -0.2) is 21.6 Å². The summed E-state index contributed by atoms with van der Waals surface area (Å²) < 4.78 is 0. The number of carbonyl (C=O) groups is 1. The number of nitrogens with zero attached hydrogens (tertiary/aromatic N) is 2. The Morgan fingerprint density at radius 2 is 2.30 bits per heavy atom. The standard InChI is InChI=1S/C15H19N3O2/c1-2-11-3-6-15(7-4-11,14(19)20)18-13-10-17-8-5-12(13)9-16/h5,8,10-11,18H,2-4,6-7H2,1H3,(H,19,20). The Kier molecular flexibility index (Phi) is 4.23. The van der Waals surface area contributed by atoms with E-state index in [2.05, 4.69) is 23.3 Å². The molecule has 0 saturated heterocycles. The van der Waals surface area contributed by atoms with Gasteiger partial charge in [-0.2, -0.15) is 5.26 Å². The molecule has 1 aliphatic carbocycles. The Hall–Kier alpha value is -2.09. The van der Waals surface area contributed by atoms with Crippen molar-refractivity contribution < 1.29 is 9.90 Å². The van der Waals surface area contributed by atoms with E-state index >= 15 is 0 Å². The highest BCUT2D eigenvalue weighted by molar-refractivity contribution is 5.83. The molecule has 20 heavy (non-hydrogen) atoms. The molecule has 0 spiro atoms. The number of hydrogen-bond acceptors (Lipinski definition) is 4. The first kappa shape index (κ1) is 14.3. The maximum atomic E-state index is 11.7. The van der Waals surface area contributed by atoms with Gasteiger partial charge in [0.05, 0.1) is 17.4 Å². The van der Waals surface area contributed by atoms with Crippen LogP contribution in [0.3, 0.4) is 0 Å². The molecule has 2 rings (SSSR count). The second-order valence-electron chi connectivity index (χ2n) is 5.40. The fourth-order valence-electron chi connectivity index (χ4n) is 2.82. The number of nitrogens with one attached hydrogen (secondary N) is 1. The largest absolute Gasteiger partial charge is 0.480 e. The first-order valence-electron chi connectivity index (χ1n) is 6.97. The maximum Gasteiger partial charge on any atom is 0.329 e. The van der Waals surface area contributed by atoms with Gasteiger partial charge in [-0.1, -0.05) is 13.3 Å². The third kappa shape index (κ3) is 2.74. The Morgan fingerprint density at radius 3 is 2.85 bits per heavy atom. The van der Waals surface area contributed by atoms with Crippen LogP contribution in [0.5, 0.6) is 0 Å². The smallest absolute Gasteiger partial charge is 0.329 e.